The number of carbonyl (C=O) groups is 1. The van der Waals surface area contributed by atoms with Crippen molar-refractivity contribution in [3.05, 3.63) is 89.5 Å². The summed E-state index contributed by atoms with van der Waals surface area (Å²) in [5, 5.41) is 0. The Morgan fingerprint density at radius 2 is 1.96 bits per heavy atom. The fraction of sp³-hybridized carbons (Fsp3) is 0.200. The van der Waals surface area contributed by atoms with Gasteiger partial charge in [-0.3, -0.25) is 4.79 Å². The van der Waals surface area contributed by atoms with Crippen molar-refractivity contribution in [1.82, 2.24) is 14.5 Å². The van der Waals surface area contributed by atoms with Crippen molar-refractivity contribution < 1.29 is 13.6 Å². The van der Waals surface area contributed by atoms with Gasteiger partial charge in [-0.25, -0.2) is 13.8 Å². The summed E-state index contributed by atoms with van der Waals surface area (Å²) in [7, 11) is 0. The third-order valence-corrected chi connectivity index (χ3v) is 4.15. The Morgan fingerprint density at radius 1 is 1.15 bits per heavy atom. The largest absolute Gasteiger partial charge is 0.331 e. The van der Waals surface area contributed by atoms with Crippen LogP contribution in [0.25, 0.3) is 0 Å². The summed E-state index contributed by atoms with van der Waals surface area (Å²) < 4.78 is 29.1. The minimum absolute atomic E-state index is 0.0394. The van der Waals surface area contributed by atoms with E-state index in [1.165, 1.54) is 29.2 Å². The SMILES string of the molecule is CCN(Cc1nccn1Cc1cccc(F)c1)C(=O)c1ccccc1F. The van der Waals surface area contributed by atoms with Gasteiger partial charge in [0.2, 0.25) is 0 Å². The molecule has 0 saturated heterocycles. The monoisotopic (exact) mass is 355 g/mol. The molecule has 0 aliphatic rings. The van der Waals surface area contributed by atoms with Crippen LogP contribution in [0.1, 0.15) is 28.7 Å². The number of amides is 1. The van der Waals surface area contributed by atoms with Gasteiger partial charge in [-0.1, -0.05) is 24.3 Å². The fourth-order valence-electron chi connectivity index (χ4n) is 2.77. The lowest BCUT2D eigenvalue weighted by Crippen LogP contribution is -2.32. The van der Waals surface area contributed by atoms with Crippen molar-refractivity contribution in [2.24, 2.45) is 0 Å². The average Bonchev–Trinajstić information content (AvgIpc) is 3.06. The summed E-state index contributed by atoms with van der Waals surface area (Å²) in [5.41, 5.74) is 0.838. The molecule has 134 valence electrons. The number of hydrogen-bond donors (Lipinski definition) is 0. The van der Waals surface area contributed by atoms with Gasteiger partial charge in [0.25, 0.3) is 5.91 Å². The van der Waals surface area contributed by atoms with E-state index in [9.17, 15) is 13.6 Å². The maximum atomic E-state index is 13.9. The number of nitrogens with zero attached hydrogens (tertiary/aromatic N) is 3. The van der Waals surface area contributed by atoms with Crippen molar-refractivity contribution in [2.75, 3.05) is 6.54 Å². The van der Waals surface area contributed by atoms with E-state index in [-0.39, 0.29) is 23.8 Å². The molecule has 0 aliphatic carbocycles. The number of halogens is 2. The van der Waals surface area contributed by atoms with E-state index < -0.39 is 5.82 Å². The molecule has 0 bridgehead atoms. The van der Waals surface area contributed by atoms with Crippen LogP contribution in [0.5, 0.6) is 0 Å². The minimum Gasteiger partial charge on any atom is -0.331 e. The van der Waals surface area contributed by atoms with Crippen LogP contribution in [0.2, 0.25) is 0 Å². The van der Waals surface area contributed by atoms with Crippen LogP contribution < -0.4 is 0 Å². The highest BCUT2D eigenvalue weighted by molar-refractivity contribution is 5.94. The van der Waals surface area contributed by atoms with Crippen LogP contribution in [0.15, 0.2) is 60.9 Å². The zero-order valence-electron chi connectivity index (χ0n) is 14.4. The lowest BCUT2D eigenvalue weighted by Gasteiger charge is -2.21. The Hall–Kier alpha value is -3.02. The summed E-state index contributed by atoms with van der Waals surface area (Å²) in [4.78, 5) is 18.5. The first kappa shape index (κ1) is 17.8. The third-order valence-electron chi connectivity index (χ3n) is 4.15. The summed E-state index contributed by atoms with van der Waals surface area (Å²) in [5.74, 6) is -0.570. The summed E-state index contributed by atoms with van der Waals surface area (Å²) >= 11 is 0. The van der Waals surface area contributed by atoms with E-state index in [1.807, 2.05) is 17.6 Å². The number of rotatable bonds is 6. The van der Waals surface area contributed by atoms with Gasteiger partial charge in [0.15, 0.2) is 0 Å². The van der Waals surface area contributed by atoms with Crippen LogP contribution >= 0.6 is 0 Å². The standard InChI is InChI=1S/C20H19F2N3O/c1-2-24(20(26)17-8-3-4-9-18(17)22)14-19-23-10-11-25(19)13-15-6-5-7-16(21)12-15/h3-12H,2,13-14H2,1H3. The van der Waals surface area contributed by atoms with Crippen LogP contribution in [0.4, 0.5) is 8.78 Å². The highest BCUT2D eigenvalue weighted by Crippen LogP contribution is 2.14. The second-order valence-electron chi connectivity index (χ2n) is 5.90. The van der Waals surface area contributed by atoms with Crippen molar-refractivity contribution in [3.8, 4) is 0 Å². The predicted molar refractivity (Wildman–Crippen MR) is 94.5 cm³/mol. The van der Waals surface area contributed by atoms with Crippen LogP contribution in [-0.2, 0) is 13.1 Å². The summed E-state index contributed by atoms with van der Waals surface area (Å²) in [6.45, 7) is 2.93. The average molecular weight is 355 g/mol. The maximum Gasteiger partial charge on any atom is 0.257 e. The predicted octanol–water partition coefficient (Wildman–Crippen LogP) is 3.87. The molecule has 0 N–H and O–H groups in total. The molecule has 0 spiro atoms. The maximum absolute atomic E-state index is 13.9. The molecular formula is C20H19F2N3O. The molecule has 1 aromatic heterocycles. The molecule has 1 heterocycles. The first-order valence-electron chi connectivity index (χ1n) is 8.36. The smallest absolute Gasteiger partial charge is 0.257 e. The number of carbonyl (C=O) groups excluding carboxylic acids is 1. The third kappa shape index (κ3) is 3.96. The van der Waals surface area contributed by atoms with E-state index in [2.05, 4.69) is 4.98 Å². The second-order valence-corrected chi connectivity index (χ2v) is 5.90. The second kappa shape index (κ2) is 7.91. The van der Waals surface area contributed by atoms with Crippen molar-refractivity contribution in [2.45, 2.75) is 20.0 Å². The Kier molecular flexibility index (Phi) is 5.41. The first-order chi connectivity index (χ1) is 12.6. The molecule has 26 heavy (non-hydrogen) atoms. The summed E-state index contributed by atoms with van der Waals surface area (Å²) in [6.07, 6.45) is 3.41. The van der Waals surface area contributed by atoms with Crippen LogP contribution in [-0.4, -0.2) is 26.9 Å². The van der Waals surface area contributed by atoms with E-state index in [0.29, 0.717) is 18.9 Å². The highest BCUT2D eigenvalue weighted by atomic mass is 19.1. The quantitative estimate of drug-likeness (QED) is 0.673. The number of hydrogen-bond acceptors (Lipinski definition) is 2. The van der Waals surface area contributed by atoms with Gasteiger partial charge in [0, 0.05) is 25.5 Å². The van der Waals surface area contributed by atoms with E-state index >= 15 is 0 Å². The fourth-order valence-corrected chi connectivity index (χ4v) is 2.77. The molecular weight excluding hydrogens is 336 g/mol. The molecule has 4 nitrogen and oxygen atoms in total. The zero-order chi connectivity index (χ0) is 18.5. The number of benzene rings is 2. The molecule has 0 saturated carbocycles. The van der Waals surface area contributed by atoms with Gasteiger partial charge in [0.1, 0.15) is 17.5 Å². The molecule has 0 fully saturated rings. The lowest BCUT2D eigenvalue weighted by molar-refractivity contribution is 0.0742. The summed E-state index contributed by atoms with van der Waals surface area (Å²) in [6, 6.07) is 12.3. The van der Waals surface area contributed by atoms with Gasteiger partial charge in [-0.2, -0.15) is 0 Å². The molecule has 0 aliphatic heterocycles. The molecule has 6 heteroatoms. The molecule has 0 unspecified atom stereocenters. The van der Waals surface area contributed by atoms with E-state index in [4.69, 9.17) is 0 Å². The molecule has 0 radical (unpaired) electrons. The Labute approximate surface area is 150 Å². The molecule has 0 atom stereocenters. The lowest BCUT2D eigenvalue weighted by atomic mass is 10.2. The van der Waals surface area contributed by atoms with Gasteiger partial charge in [-0.15, -0.1) is 0 Å². The Balaban J connectivity index is 1.78. The van der Waals surface area contributed by atoms with Crippen molar-refractivity contribution >= 4 is 5.91 Å². The highest BCUT2D eigenvalue weighted by Gasteiger charge is 2.19. The van der Waals surface area contributed by atoms with Crippen LogP contribution in [0.3, 0.4) is 0 Å². The zero-order valence-corrected chi connectivity index (χ0v) is 14.4. The van der Waals surface area contributed by atoms with Gasteiger partial charge < -0.3 is 9.47 Å². The van der Waals surface area contributed by atoms with Crippen LogP contribution in [0, 0.1) is 11.6 Å². The molecule has 3 rings (SSSR count). The van der Waals surface area contributed by atoms with Crippen molar-refractivity contribution in [1.29, 1.82) is 0 Å². The van der Waals surface area contributed by atoms with E-state index in [1.54, 1.807) is 30.6 Å². The van der Waals surface area contributed by atoms with Gasteiger partial charge >= 0.3 is 0 Å². The molecule has 3 aromatic rings. The van der Waals surface area contributed by atoms with Crippen molar-refractivity contribution in [3.63, 3.8) is 0 Å². The molecule has 2 aromatic carbocycles. The van der Waals surface area contributed by atoms with E-state index in [0.717, 1.165) is 5.56 Å². The first-order valence-corrected chi connectivity index (χ1v) is 8.36. The number of aromatic nitrogens is 2. The topological polar surface area (TPSA) is 38.1 Å². The Morgan fingerprint density at radius 3 is 2.69 bits per heavy atom. The van der Waals surface area contributed by atoms with Gasteiger partial charge in [0.05, 0.1) is 12.1 Å². The minimum atomic E-state index is -0.543. The normalized spacial score (nSPS) is 10.7. The van der Waals surface area contributed by atoms with Gasteiger partial charge in [-0.05, 0) is 36.8 Å². The number of imidazole rings is 1. The Bertz CT molecular complexity index is 907. The molecule has 1 amide bonds.